The predicted molar refractivity (Wildman–Crippen MR) is 79.8 cm³/mol. The van der Waals surface area contributed by atoms with Crippen LogP contribution in [0.25, 0.3) is 0 Å². The lowest BCUT2D eigenvalue weighted by molar-refractivity contribution is 0.174. The lowest BCUT2D eigenvalue weighted by Crippen LogP contribution is -2.38. The Morgan fingerprint density at radius 3 is 2.22 bits per heavy atom. The molecule has 2 saturated carbocycles. The van der Waals surface area contributed by atoms with Crippen LogP contribution in [0.1, 0.15) is 77.6 Å². The molecule has 2 rings (SSSR count). The summed E-state index contributed by atoms with van der Waals surface area (Å²) in [6.45, 7) is 2.32. The third kappa shape index (κ3) is 3.98. The monoisotopic (exact) mass is 251 g/mol. The van der Waals surface area contributed by atoms with Crippen molar-refractivity contribution < 1.29 is 0 Å². The summed E-state index contributed by atoms with van der Waals surface area (Å²) in [5.41, 5.74) is 0. The largest absolute Gasteiger partial charge is 0.317 e. The molecule has 18 heavy (non-hydrogen) atoms. The molecule has 0 heterocycles. The molecule has 0 aromatic carbocycles. The van der Waals surface area contributed by atoms with E-state index < -0.39 is 0 Å². The molecule has 2 aliphatic rings. The summed E-state index contributed by atoms with van der Waals surface area (Å²) in [5.74, 6) is 3.09. The Morgan fingerprint density at radius 1 is 1.00 bits per heavy atom. The highest BCUT2D eigenvalue weighted by Gasteiger charge is 2.29. The van der Waals surface area contributed by atoms with E-state index in [-0.39, 0.29) is 0 Å². The zero-order chi connectivity index (χ0) is 12.8. The van der Waals surface area contributed by atoms with Gasteiger partial charge < -0.3 is 5.32 Å². The van der Waals surface area contributed by atoms with Gasteiger partial charge in [-0.3, -0.25) is 0 Å². The standard InChI is InChI=1S/C17H33N/c1-3-4-6-14-9-11-16(12-10-14)17(18-2)13-15-7-5-8-15/h14-18H,3-13H2,1-2H3. The van der Waals surface area contributed by atoms with Gasteiger partial charge in [-0.15, -0.1) is 0 Å². The van der Waals surface area contributed by atoms with E-state index in [4.69, 9.17) is 0 Å². The maximum atomic E-state index is 3.63. The highest BCUT2D eigenvalue weighted by molar-refractivity contribution is 4.85. The quantitative estimate of drug-likeness (QED) is 0.688. The van der Waals surface area contributed by atoms with Crippen LogP contribution in [0, 0.1) is 17.8 Å². The van der Waals surface area contributed by atoms with Crippen LogP contribution in [-0.4, -0.2) is 13.1 Å². The Hall–Kier alpha value is -0.0400. The normalized spacial score (nSPS) is 31.0. The Morgan fingerprint density at radius 2 is 1.72 bits per heavy atom. The average molecular weight is 251 g/mol. The SMILES string of the molecule is CCCCC1CCC(C(CC2CCC2)NC)CC1. The van der Waals surface area contributed by atoms with E-state index in [1.165, 1.54) is 70.6 Å². The summed E-state index contributed by atoms with van der Waals surface area (Å²) >= 11 is 0. The maximum Gasteiger partial charge on any atom is 0.00949 e. The molecule has 0 aliphatic heterocycles. The molecule has 1 N–H and O–H groups in total. The van der Waals surface area contributed by atoms with Crippen molar-refractivity contribution in [3.05, 3.63) is 0 Å². The van der Waals surface area contributed by atoms with Crippen LogP contribution in [0.2, 0.25) is 0 Å². The van der Waals surface area contributed by atoms with Crippen molar-refractivity contribution in [3.8, 4) is 0 Å². The summed E-state index contributed by atoms with van der Waals surface area (Å²) in [5, 5.41) is 3.63. The third-order valence-corrected chi connectivity index (χ3v) is 5.61. The van der Waals surface area contributed by atoms with Crippen LogP contribution in [0.5, 0.6) is 0 Å². The van der Waals surface area contributed by atoms with Crippen molar-refractivity contribution in [1.82, 2.24) is 5.32 Å². The fraction of sp³-hybridized carbons (Fsp3) is 1.00. The van der Waals surface area contributed by atoms with Crippen molar-refractivity contribution in [1.29, 1.82) is 0 Å². The van der Waals surface area contributed by atoms with E-state index in [0.29, 0.717) is 0 Å². The second-order valence-corrected chi connectivity index (χ2v) is 6.85. The lowest BCUT2D eigenvalue weighted by Gasteiger charge is -2.37. The van der Waals surface area contributed by atoms with Gasteiger partial charge in [0.1, 0.15) is 0 Å². The molecule has 1 unspecified atom stereocenters. The molecule has 0 aromatic heterocycles. The summed E-state index contributed by atoms with van der Waals surface area (Å²) in [6, 6.07) is 0.822. The van der Waals surface area contributed by atoms with Gasteiger partial charge in [-0.1, -0.05) is 58.3 Å². The first-order valence-electron chi connectivity index (χ1n) is 8.50. The topological polar surface area (TPSA) is 12.0 Å². The van der Waals surface area contributed by atoms with Crippen molar-refractivity contribution in [2.45, 2.75) is 83.6 Å². The van der Waals surface area contributed by atoms with Crippen LogP contribution < -0.4 is 5.32 Å². The Kier molecular flexibility index (Phi) is 6.01. The number of nitrogens with one attached hydrogen (secondary N) is 1. The molecular formula is C17H33N. The molecule has 0 saturated heterocycles. The minimum atomic E-state index is 0.822. The Labute approximate surface area is 114 Å². The van der Waals surface area contributed by atoms with Crippen LogP contribution in [0.15, 0.2) is 0 Å². The fourth-order valence-corrected chi connectivity index (χ4v) is 4.01. The lowest BCUT2D eigenvalue weighted by atomic mass is 9.72. The minimum Gasteiger partial charge on any atom is -0.317 e. The summed E-state index contributed by atoms with van der Waals surface area (Å²) in [6.07, 6.45) is 16.3. The Bertz CT molecular complexity index is 214. The highest BCUT2D eigenvalue weighted by atomic mass is 14.9. The first-order valence-corrected chi connectivity index (χ1v) is 8.50. The number of hydrogen-bond donors (Lipinski definition) is 1. The van der Waals surface area contributed by atoms with Crippen molar-refractivity contribution in [2.24, 2.45) is 17.8 Å². The van der Waals surface area contributed by atoms with Gasteiger partial charge in [0.15, 0.2) is 0 Å². The van der Waals surface area contributed by atoms with Gasteiger partial charge in [0, 0.05) is 6.04 Å². The molecule has 1 heteroatoms. The van der Waals surface area contributed by atoms with E-state index in [1.807, 2.05) is 0 Å². The maximum absolute atomic E-state index is 3.63. The summed E-state index contributed by atoms with van der Waals surface area (Å²) in [4.78, 5) is 0. The van der Waals surface area contributed by atoms with Gasteiger partial charge >= 0.3 is 0 Å². The smallest absolute Gasteiger partial charge is 0.00949 e. The van der Waals surface area contributed by atoms with Gasteiger partial charge in [-0.2, -0.15) is 0 Å². The van der Waals surface area contributed by atoms with E-state index in [9.17, 15) is 0 Å². The van der Waals surface area contributed by atoms with Gasteiger partial charge in [-0.05, 0) is 44.1 Å². The van der Waals surface area contributed by atoms with Crippen molar-refractivity contribution in [2.75, 3.05) is 7.05 Å². The second-order valence-electron chi connectivity index (χ2n) is 6.85. The van der Waals surface area contributed by atoms with Crippen molar-refractivity contribution >= 4 is 0 Å². The van der Waals surface area contributed by atoms with Crippen LogP contribution >= 0.6 is 0 Å². The molecule has 0 amide bonds. The van der Waals surface area contributed by atoms with Crippen LogP contribution in [0.3, 0.4) is 0 Å². The number of unbranched alkanes of at least 4 members (excludes halogenated alkanes) is 1. The third-order valence-electron chi connectivity index (χ3n) is 5.61. The van der Waals surface area contributed by atoms with Crippen LogP contribution in [0.4, 0.5) is 0 Å². The van der Waals surface area contributed by atoms with Gasteiger partial charge in [-0.25, -0.2) is 0 Å². The summed E-state index contributed by atoms with van der Waals surface area (Å²) < 4.78 is 0. The molecule has 1 atom stereocenters. The zero-order valence-electron chi connectivity index (χ0n) is 12.6. The molecular weight excluding hydrogens is 218 g/mol. The molecule has 0 spiro atoms. The van der Waals surface area contributed by atoms with E-state index in [0.717, 1.165) is 23.8 Å². The molecule has 0 aromatic rings. The minimum absolute atomic E-state index is 0.822. The van der Waals surface area contributed by atoms with Gasteiger partial charge in [0.05, 0.1) is 0 Å². The fourth-order valence-electron chi connectivity index (χ4n) is 4.01. The molecule has 0 bridgehead atoms. The van der Waals surface area contributed by atoms with Gasteiger partial charge in [0.25, 0.3) is 0 Å². The zero-order valence-corrected chi connectivity index (χ0v) is 12.6. The van der Waals surface area contributed by atoms with Crippen LogP contribution in [-0.2, 0) is 0 Å². The molecule has 2 aliphatic carbocycles. The molecule has 106 valence electrons. The van der Waals surface area contributed by atoms with E-state index in [2.05, 4.69) is 19.3 Å². The van der Waals surface area contributed by atoms with E-state index >= 15 is 0 Å². The predicted octanol–water partition coefficient (Wildman–Crippen LogP) is 4.76. The van der Waals surface area contributed by atoms with Gasteiger partial charge in [0.2, 0.25) is 0 Å². The van der Waals surface area contributed by atoms with Crippen molar-refractivity contribution in [3.63, 3.8) is 0 Å². The number of rotatable bonds is 7. The Balaban J connectivity index is 1.69. The first-order chi connectivity index (χ1) is 8.83. The average Bonchev–Trinajstić information content (AvgIpc) is 2.36. The van der Waals surface area contributed by atoms with E-state index in [1.54, 1.807) is 0 Å². The molecule has 1 nitrogen and oxygen atoms in total. The summed E-state index contributed by atoms with van der Waals surface area (Å²) in [7, 11) is 2.19. The highest BCUT2D eigenvalue weighted by Crippen LogP contribution is 2.38. The second kappa shape index (κ2) is 7.53. The first kappa shape index (κ1) is 14.4. The molecule has 0 radical (unpaired) electrons. The molecule has 2 fully saturated rings. The number of hydrogen-bond acceptors (Lipinski definition) is 1.